The second kappa shape index (κ2) is 8.55. The van der Waals surface area contributed by atoms with Gasteiger partial charge in [-0.1, -0.05) is 13.0 Å². The fourth-order valence-corrected chi connectivity index (χ4v) is 5.29. The highest BCUT2D eigenvalue weighted by molar-refractivity contribution is 7.89. The third-order valence-electron chi connectivity index (χ3n) is 5.57. The maximum absolute atomic E-state index is 13.3. The molecule has 0 aromatic heterocycles. The van der Waals surface area contributed by atoms with Gasteiger partial charge in [-0.15, -0.1) is 0 Å². The monoisotopic (exact) mass is 416 g/mol. The molecule has 1 aliphatic heterocycles. The van der Waals surface area contributed by atoms with E-state index in [9.17, 15) is 13.2 Å². The summed E-state index contributed by atoms with van der Waals surface area (Å²) >= 11 is 0. The molecule has 3 rings (SSSR count). The van der Waals surface area contributed by atoms with Gasteiger partial charge in [0.1, 0.15) is 5.75 Å². The lowest BCUT2D eigenvalue weighted by atomic mass is 10.0. The lowest BCUT2D eigenvalue weighted by Gasteiger charge is -2.30. The predicted molar refractivity (Wildman–Crippen MR) is 114 cm³/mol. The molecular weight excluding hydrogens is 388 g/mol. The fraction of sp³-hybridized carbons (Fsp3) is 0.409. The molecule has 0 aliphatic carbocycles. The maximum atomic E-state index is 13.3. The van der Waals surface area contributed by atoms with Gasteiger partial charge in [0.25, 0.3) is 5.91 Å². The number of hydrogen-bond acceptors (Lipinski definition) is 4. The van der Waals surface area contributed by atoms with Crippen molar-refractivity contribution in [3.63, 3.8) is 0 Å². The summed E-state index contributed by atoms with van der Waals surface area (Å²) in [6.07, 6.45) is 1.71. The smallest absolute Gasteiger partial charge is 0.255 e. The first-order valence-electron chi connectivity index (χ1n) is 9.79. The molecule has 0 saturated carbocycles. The number of nitrogens with zero attached hydrogens (tertiary/aromatic N) is 1. The zero-order chi connectivity index (χ0) is 21.2. The Bertz CT molecular complexity index is 1010. The minimum absolute atomic E-state index is 0.211. The number of amides is 1. The van der Waals surface area contributed by atoms with Gasteiger partial charge < -0.3 is 10.1 Å². The summed E-state index contributed by atoms with van der Waals surface area (Å²) in [5, 5.41) is 2.82. The molecule has 0 radical (unpaired) electrons. The Balaban J connectivity index is 1.91. The van der Waals surface area contributed by atoms with Crippen molar-refractivity contribution in [1.82, 2.24) is 4.31 Å². The average Bonchev–Trinajstić information content (AvgIpc) is 2.70. The molecule has 0 unspecified atom stereocenters. The number of rotatable bonds is 5. The molecule has 0 atom stereocenters. The highest BCUT2D eigenvalue weighted by atomic mass is 32.2. The van der Waals surface area contributed by atoms with Crippen molar-refractivity contribution in [2.75, 3.05) is 25.5 Å². The number of hydrogen-bond donors (Lipinski definition) is 1. The number of anilines is 1. The first kappa shape index (κ1) is 21.3. The van der Waals surface area contributed by atoms with Crippen molar-refractivity contribution in [3.05, 3.63) is 53.1 Å². The van der Waals surface area contributed by atoms with Crippen LogP contribution in [-0.4, -0.2) is 38.8 Å². The topological polar surface area (TPSA) is 75.7 Å². The quantitative estimate of drug-likeness (QED) is 0.800. The third kappa shape index (κ3) is 4.62. The summed E-state index contributed by atoms with van der Waals surface area (Å²) in [5.41, 5.74) is 2.36. The van der Waals surface area contributed by atoms with E-state index in [1.807, 2.05) is 6.92 Å². The number of sulfonamides is 1. The van der Waals surface area contributed by atoms with E-state index in [1.165, 1.54) is 6.07 Å². The molecule has 2 aromatic carbocycles. The van der Waals surface area contributed by atoms with Crippen LogP contribution >= 0.6 is 0 Å². The van der Waals surface area contributed by atoms with Crippen LogP contribution in [0.4, 0.5) is 5.69 Å². The van der Waals surface area contributed by atoms with Gasteiger partial charge in [0, 0.05) is 30.4 Å². The van der Waals surface area contributed by atoms with Gasteiger partial charge in [-0.05, 0) is 68.0 Å². The number of benzene rings is 2. The van der Waals surface area contributed by atoms with Gasteiger partial charge in [0.15, 0.2) is 0 Å². The van der Waals surface area contributed by atoms with E-state index in [2.05, 4.69) is 12.2 Å². The number of carbonyl (C=O) groups is 1. The molecule has 1 N–H and O–H groups in total. The Kier molecular flexibility index (Phi) is 6.29. The van der Waals surface area contributed by atoms with Gasteiger partial charge in [0.05, 0.1) is 12.0 Å². The maximum Gasteiger partial charge on any atom is 0.255 e. The second-order valence-corrected chi connectivity index (χ2v) is 9.60. The highest BCUT2D eigenvalue weighted by Gasteiger charge is 2.30. The van der Waals surface area contributed by atoms with E-state index in [-0.39, 0.29) is 10.8 Å². The molecule has 2 aromatic rings. The first-order valence-corrected chi connectivity index (χ1v) is 11.2. The Morgan fingerprint density at radius 1 is 1.14 bits per heavy atom. The van der Waals surface area contributed by atoms with Crippen LogP contribution < -0.4 is 10.1 Å². The van der Waals surface area contributed by atoms with Crippen LogP contribution in [0, 0.1) is 19.8 Å². The van der Waals surface area contributed by atoms with Gasteiger partial charge in [-0.2, -0.15) is 4.31 Å². The zero-order valence-electron chi connectivity index (χ0n) is 17.4. The van der Waals surface area contributed by atoms with Crippen molar-refractivity contribution in [2.24, 2.45) is 5.92 Å². The number of aryl methyl sites for hydroxylation is 1. The zero-order valence-corrected chi connectivity index (χ0v) is 18.2. The summed E-state index contributed by atoms with van der Waals surface area (Å²) in [6.45, 7) is 6.79. The summed E-state index contributed by atoms with van der Waals surface area (Å²) < 4.78 is 33.2. The molecule has 7 heteroatoms. The SMILES string of the molecule is COc1cccc(NC(=O)c2cc(C)c(C)c(S(=O)(=O)N3CCC(C)CC3)c2)c1. The third-order valence-corrected chi connectivity index (χ3v) is 7.59. The highest BCUT2D eigenvalue weighted by Crippen LogP contribution is 2.28. The minimum atomic E-state index is -3.64. The van der Waals surface area contributed by atoms with Crippen LogP contribution in [0.3, 0.4) is 0 Å². The van der Waals surface area contributed by atoms with E-state index >= 15 is 0 Å². The summed E-state index contributed by atoms with van der Waals surface area (Å²) in [4.78, 5) is 13.0. The van der Waals surface area contributed by atoms with Crippen molar-refractivity contribution >= 4 is 21.6 Å². The number of nitrogens with one attached hydrogen (secondary N) is 1. The van der Waals surface area contributed by atoms with E-state index in [0.29, 0.717) is 41.6 Å². The number of carbonyl (C=O) groups excluding carboxylic acids is 1. The normalized spacial score (nSPS) is 15.9. The van der Waals surface area contributed by atoms with E-state index in [0.717, 1.165) is 18.4 Å². The van der Waals surface area contributed by atoms with Crippen molar-refractivity contribution in [3.8, 4) is 5.75 Å². The van der Waals surface area contributed by atoms with Crippen LogP contribution in [0.2, 0.25) is 0 Å². The van der Waals surface area contributed by atoms with Crippen LogP contribution in [0.15, 0.2) is 41.3 Å². The summed E-state index contributed by atoms with van der Waals surface area (Å²) in [5.74, 6) is 0.805. The van der Waals surface area contributed by atoms with Crippen LogP contribution in [0.25, 0.3) is 0 Å². The second-order valence-electron chi connectivity index (χ2n) is 7.69. The molecular formula is C22H28N2O4S. The van der Waals surface area contributed by atoms with E-state index in [1.54, 1.807) is 48.7 Å². The van der Waals surface area contributed by atoms with Crippen molar-refractivity contribution in [2.45, 2.75) is 38.5 Å². The van der Waals surface area contributed by atoms with E-state index < -0.39 is 10.0 Å². The molecule has 1 amide bonds. The van der Waals surface area contributed by atoms with Crippen molar-refractivity contribution < 1.29 is 17.9 Å². The fourth-order valence-electron chi connectivity index (χ4n) is 3.49. The van der Waals surface area contributed by atoms with Crippen molar-refractivity contribution in [1.29, 1.82) is 0 Å². The molecule has 1 saturated heterocycles. The average molecular weight is 417 g/mol. The molecule has 1 heterocycles. The lowest BCUT2D eigenvalue weighted by Crippen LogP contribution is -2.38. The summed E-state index contributed by atoms with van der Waals surface area (Å²) in [7, 11) is -2.09. The lowest BCUT2D eigenvalue weighted by molar-refractivity contribution is 0.102. The summed E-state index contributed by atoms with van der Waals surface area (Å²) in [6, 6.07) is 10.3. The van der Waals surface area contributed by atoms with Crippen LogP contribution in [0.5, 0.6) is 5.75 Å². The predicted octanol–water partition coefficient (Wildman–Crippen LogP) is 3.98. The largest absolute Gasteiger partial charge is 0.497 e. The number of piperidine rings is 1. The Hall–Kier alpha value is -2.38. The molecule has 1 fully saturated rings. The van der Waals surface area contributed by atoms with Gasteiger partial charge >= 0.3 is 0 Å². The minimum Gasteiger partial charge on any atom is -0.497 e. The van der Waals surface area contributed by atoms with Crippen LogP contribution in [-0.2, 0) is 10.0 Å². The number of ether oxygens (including phenoxy) is 1. The molecule has 6 nitrogen and oxygen atoms in total. The Morgan fingerprint density at radius 2 is 1.83 bits per heavy atom. The van der Waals surface area contributed by atoms with E-state index in [4.69, 9.17) is 4.74 Å². The molecule has 29 heavy (non-hydrogen) atoms. The number of methoxy groups -OCH3 is 1. The molecule has 156 valence electrons. The molecule has 0 spiro atoms. The van der Waals surface area contributed by atoms with Gasteiger partial charge in [-0.25, -0.2) is 8.42 Å². The molecule has 1 aliphatic rings. The van der Waals surface area contributed by atoms with Gasteiger partial charge in [0.2, 0.25) is 10.0 Å². The Morgan fingerprint density at radius 3 is 2.48 bits per heavy atom. The molecule has 0 bridgehead atoms. The Labute approximate surface area is 172 Å². The van der Waals surface area contributed by atoms with Gasteiger partial charge in [-0.3, -0.25) is 4.79 Å². The van der Waals surface area contributed by atoms with Crippen LogP contribution in [0.1, 0.15) is 41.3 Å². The standard InChI is InChI=1S/C22H28N2O4S/c1-15-8-10-24(11-9-15)29(26,27)21-13-18(12-16(2)17(21)3)22(25)23-19-6-5-7-20(14-19)28-4/h5-7,12-15H,8-11H2,1-4H3,(H,23,25). The first-order chi connectivity index (χ1) is 13.7.